The van der Waals surface area contributed by atoms with Crippen LogP contribution in [-0.4, -0.2) is 43.0 Å². The van der Waals surface area contributed by atoms with E-state index in [0.717, 1.165) is 6.26 Å². The third-order valence-electron chi connectivity index (χ3n) is 3.49. The Bertz CT molecular complexity index is 796. The molecule has 0 saturated heterocycles. The van der Waals surface area contributed by atoms with Crippen LogP contribution in [0, 0.1) is 5.82 Å². The van der Waals surface area contributed by atoms with Crippen LogP contribution in [0.1, 0.15) is 11.3 Å². The molecule has 1 aromatic heterocycles. The number of pyridine rings is 1. The van der Waals surface area contributed by atoms with Gasteiger partial charge in [0.2, 0.25) is 15.9 Å². The summed E-state index contributed by atoms with van der Waals surface area (Å²) < 4.78 is 37.9. The van der Waals surface area contributed by atoms with Crippen LogP contribution >= 0.6 is 0 Å². The Kier molecular flexibility index (Phi) is 6.60. The molecule has 0 atom stereocenters. The van der Waals surface area contributed by atoms with Gasteiger partial charge in [0.15, 0.2) is 0 Å². The van der Waals surface area contributed by atoms with Gasteiger partial charge in [-0.1, -0.05) is 18.2 Å². The molecular weight excluding hydrogens is 345 g/mol. The van der Waals surface area contributed by atoms with E-state index in [1.807, 2.05) is 0 Å². The van der Waals surface area contributed by atoms with E-state index >= 15 is 0 Å². The molecule has 0 aliphatic carbocycles. The molecule has 0 aliphatic heterocycles. The van der Waals surface area contributed by atoms with E-state index in [1.165, 1.54) is 16.4 Å². The Morgan fingerprint density at radius 3 is 2.52 bits per heavy atom. The van der Waals surface area contributed by atoms with Crippen molar-refractivity contribution in [2.24, 2.45) is 0 Å². The number of aromatic nitrogens is 1. The fourth-order valence-corrected chi connectivity index (χ4v) is 2.99. The number of benzene rings is 1. The third kappa shape index (κ3) is 6.60. The first-order valence-electron chi connectivity index (χ1n) is 7.71. The summed E-state index contributed by atoms with van der Waals surface area (Å²) in [5.74, 6) is -0.611. The molecule has 1 amide bonds. The van der Waals surface area contributed by atoms with Crippen molar-refractivity contribution in [2.75, 3.05) is 19.3 Å². The number of carbonyl (C=O) groups excluding carboxylic acids is 1. The van der Waals surface area contributed by atoms with E-state index < -0.39 is 10.0 Å². The van der Waals surface area contributed by atoms with Crippen molar-refractivity contribution < 1.29 is 17.6 Å². The van der Waals surface area contributed by atoms with Gasteiger partial charge in [0.1, 0.15) is 5.82 Å². The van der Waals surface area contributed by atoms with Crippen molar-refractivity contribution in [3.63, 3.8) is 0 Å². The van der Waals surface area contributed by atoms with Crippen LogP contribution < -0.4 is 5.32 Å². The fourth-order valence-electron chi connectivity index (χ4n) is 2.20. The van der Waals surface area contributed by atoms with Crippen LogP contribution in [0.25, 0.3) is 0 Å². The zero-order chi connectivity index (χ0) is 18.3. The summed E-state index contributed by atoms with van der Waals surface area (Å²) in [6.45, 7) is 0.470. The Morgan fingerprint density at radius 2 is 1.92 bits per heavy atom. The van der Waals surface area contributed by atoms with Crippen molar-refractivity contribution in [2.45, 2.75) is 13.0 Å². The van der Waals surface area contributed by atoms with Gasteiger partial charge in [-0.15, -0.1) is 0 Å². The largest absolute Gasteiger partial charge is 0.354 e. The smallest absolute Gasteiger partial charge is 0.224 e. The molecule has 0 radical (unpaired) electrons. The summed E-state index contributed by atoms with van der Waals surface area (Å²) in [6.07, 6.45) is 2.83. The second-order valence-corrected chi connectivity index (χ2v) is 7.55. The lowest BCUT2D eigenvalue weighted by molar-refractivity contribution is -0.120. The van der Waals surface area contributed by atoms with Crippen molar-refractivity contribution in [1.82, 2.24) is 14.6 Å². The number of carbonyl (C=O) groups is 1. The van der Waals surface area contributed by atoms with Crippen LogP contribution in [0.3, 0.4) is 0 Å². The highest BCUT2D eigenvalue weighted by Crippen LogP contribution is 2.06. The summed E-state index contributed by atoms with van der Waals surface area (Å²) in [6, 6.07) is 10.9. The van der Waals surface area contributed by atoms with E-state index in [4.69, 9.17) is 0 Å². The highest BCUT2D eigenvalue weighted by molar-refractivity contribution is 7.88. The summed E-state index contributed by atoms with van der Waals surface area (Å²) in [7, 11) is -3.42. The average molecular weight is 365 g/mol. The van der Waals surface area contributed by atoms with Gasteiger partial charge in [-0.25, -0.2) is 12.8 Å². The molecule has 134 valence electrons. The number of nitrogens with zero attached hydrogens (tertiary/aromatic N) is 2. The minimum Gasteiger partial charge on any atom is -0.354 e. The second kappa shape index (κ2) is 8.68. The number of halogens is 1. The Hall–Kier alpha value is -2.32. The SMILES string of the molecule is CS(=O)(=O)N(CCNC(=O)Cc1ccc(F)cc1)Cc1ccccn1. The second-order valence-electron chi connectivity index (χ2n) is 5.57. The monoisotopic (exact) mass is 365 g/mol. The van der Waals surface area contributed by atoms with Crippen LogP contribution in [0.15, 0.2) is 48.7 Å². The molecule has 6 nitrogen and oxygen atoms in total. The Balaban J connectivity index is 1.86. The van der Waals surface area contributed by atoms with Gasteiger partial charge in [0, 0.05) is 19.3 Å². The first-order valence-corrected chi connectivity index (χ1v) is 9.55. The van der Waals surface area contributed by atoms with Gasteiger partial charge in [-0.3, -0.25) is 9.78 Å². The first kappa shape index (κ1) is 19.0. The number of nitrogens with one attached hydrogen (secondary N) is 1. The highest BCUT2D eigenvalue weighted by atomic mass is 32.2. The van der Waals surface area contributed by atoms with E-state index in [2.05, 4.69) is 10.3 Å². The Labute approximate surface area is 146 Å². The molecule has 0 spiro atoms. The molecule has 0 bridgehead atoms. The quantitative estimate of drug-likeness (QED) is 0.766. The average Bonchev–Trinajstić information content (AvgIpc) is 2.56. The molecule has 1 aromatic carbocycles. The fraction of sp³-hybridized carbons (Fsp3) is 0.294. The van der Waals surface area contributed by atoms with Gasteiger partial charge >= 0.3 is 0 Å². The molecule has 0 fully saturated rings. The number of hydrogen-bond acceptors (Lipinski definition) is 4. The van der Waals surface area contributed by atoms with Crippen LogP contribution in [0.2, 0.25) is 0 Å². The minimum atomic E-state index is -3.42. The summed E-state index contributed by atoms with van der Waals surface area (Å²) in [4.78, 5) is 16.0. The number of sulfonamides is 1. The van der Waals surface area contributed by atoms with Crippen molar-refractivity contribution in [1.29, 1.82) is 0 Å². The summed E-state index contributed by atoms with van der Waals surface area (Å²) in [5.41, 5.74) is 1.32. The molecule has 0 unspecified atom stereocenters. The lowest BCUT2D eigenvalue weighted by Gasteiger charge is -2.19. The predicted octanol–water partition coefficient (Wildman–Crippen LogP) is 1.34. The summed E-state index contributed by atoms with van der Waals surface area (Å²) in [5, 5.41) is 2.67. The third-order valence-corrected chi connectivity index (χ3v) is 4.74. The lowest BCUT2D eigenvalue weighted by atomic mass is 10.1. The van der Waals surface area contributed by atoms with Gasteiger partial charge in [-0.2, -0.15) is 4.31 Å². The molecule has 25 heavy (non-hydrogen) atoms. The minimum absolute atomic E-state index is 0.111. The number of amides is 1. The zero-order valence-corrected chi connectivity index (χ0v) is 14.7. The van der Waals surface area contributed by atoms with Gasteiger partial charge in [-0.05, 0) is 29.8 Å². The van der Waals surface area contributed by atoms with Crippen molar-refractivity contribution >= 4 is 15.9 Å². The molecular formula is C17H20FN3O3S. The van der Waals surface area contributed by atoms with Gasteiger partial charge in [0.25, 0.3) is 0 Å². The van der Waals surface area contributed by atoms with Crippen molar-refractivity contribution in [3.8, 4) is 0 Å². The van der Waals surface area contributed by atoms with E-state index in [1.54, 1.807) is 36.5 Å². The maximum atomic E-state index is 12.8. The maximum absolute atomic E-state index is 12.8. The topological polar surface area (TPSA) is 79.4 Å². The van der Waals surface area contributed by atoms with E-state index in [0.29, 0.717) is 11.3 Å². The molecule has 0 aliphatic rings. The molecule has 0 saturated carbocycles. The highest BCUT2D eigenvalue weighted by Gasteiger charge is 2.17. The molecule has 2 aromatic rings. The Morgan fingerprint density at radius 1 is 1.20 bits per heavy atom. The van der Waals surface area contributed by atoms with Crippen molar-refractivity contribution in [3.05, 3.63) is 65.7 Å². The molecule has 1 heterocycles. The molecule has 2 rings (SSSR count). The number of rotatable bonds is 8. The van der Waals surface area contributed by atoms with Crippen LogP contribution in [0.5, 0.6) is 0 Å². The molecule has 8 heteroatoms. The van der Waals surface area contributed by atoms with Crippen LogP contribution in [-0.2, 0) is 27.8 Å². The first-order chi connectivity index (χ1) is 11.8. The summed E-state index contributed by atoms with van der Waals surface area (Å²) >= 11 is 0. The number of hydrogen-bond donors (Lipinski definition) is 1. The standard InChI is InChI=1S/C17H20FN3O3S/c1-25(23,24)21(13-16-4-2-3-9-19-16)11-10-20-17(22)12-14-5-7-15(18)8-6-14/h2-9H,10-13H2,1H3,(H,20,22). The van der Waals surface area contributed by atoms with Crippen LogP contribution in [0.4, 0.5) is 4.39 Å². The molecule has 1 N–H and O–H groups in total. The van der Waals surface area contributed by atoms with Gasteiger partial charge < -0.3 is 5.32 Å². The maximum Gasteiger partial charge on any atom is 0.224 e. The lowest BCUT2D eigenvalue weighted by Crippen LogP contribution is -2.38. The van der Waals surface area contributed by atoms with E-state index in [9.17, 15) is 17.6 Å². The zero-order valence-electron chi connectivity index (χ0n) is 13.9. The van der Waals surface area contributed by atoms with Gasteiger partial charge in [0.05, 0.1) is 24.9 Å². The normalized spacial score (nSPS) is 11.5. The predicted molar refractivity (Wildman–Crippen MR) is 92.6 cm³/mol. The van der Waals surface area contributed by atoms with E-state index in [-0.39, 0.29) is 37.8 Å².